The maximum absolute atomic E-state index is 12.7. The van der Waals surface area contributed by atoms with Crippen LogP contribution < -0.4 is 10.1 Å². The predicted molar refractivity (Wildman–Crippen MR) is 97.9 cm³/mol. The van der Waals surface area contributed by atoms with Gasteiger partial charge >= 0.3 is 0 Å². The lowest BCUT2D eigenvalue weighted by atomic mass is 10.0. The Morgan fingerprint density at radius 2 is 1.96 bits per heavy atom. The highest BCUT2D eigenvalue weighted by atomic mass is 35.5. The number of benzene rings is 1. The number of ether oxygens (including phenoxy) is 1. The highest BCUT2D eigenvalue weighted by Gasteiger charge is 2.38. The van der Waals surface area contributed by atoms with Crippen LogP contribution in [0.1, 0.15) is 16.1 Å². The lowest BCUT2D eigenvalue weighted by Crippen LogP contribution is -2.32. The van der Waals surface area contributed by atoms with Crippen molar-refractivity contribution in [3.8, 4) is 11.4 Å². The van der Waals surface area contributed by atoms with Crippen LogP contribution in [0.5, 0.6) is 5.75 Å². The quantitative estimate of drug-likeness (QED) is 0.906. The van der Waals surface area contributed by atoms with E-state index in [4.69, 9.17) is 4.74 Å². The van der Waals surface area contributed by atoms with Crippen molar-refractivity contribution in [2.24, 2.45) is 11.8 Å². The summed E-state index contributed by atoms with van der Waals surface area (Å²) in [5.41, 5.74) is 2.46. The maximum Gasteiger partial charge on any atom is 0.274 e. The van der Waals surface area contributed by atoms with E-state index in [1.54, 1.807) is 17.9 Å². The number of fused-ring (bicyclic) bond motifs is 1. The third kappa shape index (κ3) is 3.24. The number of aryl methyl sites for hydroxylation is 1. The van der Waals surface area contributed by atoms with Crippen molar-refractivity contribution in [3.05, 3.63) is 41.7 Å². The van der Waals surface area contributed by atoms with Gasteiger partial charge in [-0.3, -0.25) is 4.79 Å². The van der Waals surface area contributed by atoms with E-state index in [9.17, 15) is 4.79 Å². The number of aromatic nitrogens is 2. The molecule has 1 aromatic carbocycles. The van der Waals surface area contributed by atoms with Crippen molar-refractivity contribution >= 4 is 18.3 Å². The van der Waals surface area contributed by atoms with Crippen molar-refractivity contribution in [3.63, 3.8) is 0 Å². The molecule has 1 amide bonds. The van der Waals surface area contributed by atoms with Crippen LogP contribution in [0.4, 0.5) is 0 Å². The monoisotopic (exact) mass is 362 g/mol. The molecule has 2 fully saturated rings. The van der Waals surface area contributed by atoms with Crippen LogP contribution in [-0.2, 0) is 0 Å². The van der Waals surface area contributed by atoms with Crippen LogP contribution in [-0.4, -0.2) is 53.9 Å². The van der Waals surface area contributed by atoms with Crippen molar-refractivity contribution < 1.29 is 9.53 Å². The number of nitrogens with one attached hydrogen (secondary N) is 1. The molecule has 2 aliphatic heterocycles. The van der Waals surface area contributed by atoms with Gasteiger partial charge in [-0.2, -0.15) is 5.10 Å². The Kier molecular flexibility index (Phi) is 5.01. The molecular formula is C18H23ClN4O2. The van der Waals surface area contributed by atoms with Gasteiger partial charge in [0, 0.05) is 32.4 Å². The van der Waals surface area contributed by atoms with Crippen LogP contribution in [0.15, 0.2) is 30.5 Å². The van der Waals surface area contributed by atoms with Crippen LogP contribution in [0.2, 0.25) is 0 Å². The van der Waals surface area contributed by atoms with E-state index in [2.05, 4.69) is 10.4 Å². The minimum atomic E-state index is 0. The van der Waals surface area contributed by atoms with E-state index >= 15 is 0 Å². The highest BCUT2D eigenvalue weighted by molar-refractivity contribution is 5.92. The highest BCUT2D eigenvalue weighted by Crippen LogP contribution is 2.28. The smallest absolute Gasteiger partial charge is 0.274 e. The summed E-state index contributed by atoms with van der Waals surface area (Å²) >= 11 is 0. The minimum Gasteiger partial charge on any atom is -0.494 e. The third-order valence-corrected chi connectivity index (χ3v) is 5.07. The molecule has 134 valence electrons. The van der Waals surface area contributed by atoms with E-state index in [-0.39, 0.29) is 18.3 Å². The van der Waals surface area contributed by atoms with Gasteiger partial charge in [0.25, 0.3) is 5.91 Å². The van der Waals surface area contributed by atoms with Crippen molar-refractivity contribution in [1.82, 2.24) is 20.0 Å². The van der Waals surface area contributed by atoms with Gasteiger partial charge in [-0.25, -0.2) is 4.68 Å². The third-order valence-electron chi connectivity index (χ3n) is 5.07. The van der Waals surface area contributed by atoms with Crippen LogP contribution in [0, 0.1) is 18.8 Å². The molecule has 0 spiro atoms. The number of hydrogen-bond acceptors (Lipinski definition) is 4. The molecule has 2 aliphatic rings. The zero-order valence-electron chi connectivity index (χ0n) is 14.4. The van der Waals surface area contributed by atoms with Gasteiger partial charge in [0.05, 0.1) is 7.11 Å². The number of hydrogen-bond donors (Lipinski definition) is 1. The average Bonchev–Trinajstić information content (AvgIpc) is 3.29. The first kappa shape index (κ1) is 17.8. The number of rotatable bonds is 3. The molecular weight excluding hydrogens is 340 g/mol. The van der Waals surface area contributed by atoms with E-state index < -0.39 is 0 Å². The molecule has 0 saturated carbocycles. The molecule has 2 atom stereocenters. The van der Waals surface area contributed by atoms with Crippen LogP contribution in [0.3, 0.4) is 0 Å². The van der Waals surface area contributed by atoms with Crippen molar-refractivity contribution in [1.29, 1.82) is 0 Å². The number of carbonyl (C=O) groups is 1. The van der Waals surface area contributed by atoms with Gasteiger partial charge in [0.1, 0.15) is 11.4 Å². The summed E-state index contributed by atoms with van der Waals surface area (Å²) < 4.78 is 7.13. The van der Waals surface area contributed by atoms with Crippen molar-refractivity contribution in [2.75, 3.05) is 33.3 Å². The Morgan fingerprint density at radius 1 is 1.24 bits per heavy atom. The van der Waals surface area contributed by atoms with E-state index in [1.165, 1.54) is 0 Å². The molecule has 1 N–H and O–H groups in total. The Labute approximate surface area is 153 Å². The van der Waals surface area contributed by atoms with Gasteiger partial charge < -0.3 is 15.0 Å². The summed E-state index contributed by atoms with van der Waals surface area (Å²) in [7, 11) is 1.64. The molecule has 0 radical (unpaired) electrons. The number of nitrogens with zero attached hydrogens (tertiary/aromatic N) is 3. The summed E-state index contributed by atoms with van der Waals surface area (Å²) in [6, 6.07) is 7.71. The number of amides is 1. The summed E-state index contributed by atoms with van der Waals surface area (Å²) in [4.78, 5) is 14.7. The van der Waals surface area contributed by atoms with E-state index in [0.29, 0.717) is 17.5 Å². The number of likely N-dealkylation sites (tertiary alicyclic amines) is 1. The molecule has 3 heterocycles. The Morgan fingerprint density at radius 3 is 2.64 bits per heavy atom. The summed E-state index contributed by atoms with van der Waals surface area (Å²) in [6.07, 6.45) is 1.82. The van der Waals surface area contributed by atoms with Gasteiger partial charge in [-0.05, 0) is 42.5 Å². The molecule has 2 saturated heterocycles. The second kappa shape index (κ2) is 7.06. The first-order chi connectivity index (χ1) is 11.7. The fourth-order valence-corrected chi connectivity index (χ4v) is 3.73. The topological polar surface area (TPSA) is 59.4 Å². The van der Waals surface area contributed by atoms with Gasteiger partial charge in [-0.1, -0.05) is 6.07 Å². The second-order valence-corrected chi connectivity index (χ2v) is 6.71. The maximum atomic E-state index is 12.7. The standard InChI is InChI=1S/C18H22N4O2.ClH/c1-12-3-4-17(24-2)16(7-12)22-6-5-15(20-22)18(23)21-10-13-8-19-9-14(13)11-21;/h3-7,13-14,19H,8-11H2,1-2H3;1H/t13-,14+;. The first-order valence-corrected chi connectivity index (χ1v) is 8.36. The normalized spacial score (nSPS) is 21.8. The summed E-state index contributed by atoms with van der Waals surface area (Å²) in [6.45, 7) is 5.72. The fourth-order valence-electron chi connectivity index (χ4n) is 3.73. The molecule has 2 aromatic rings. The SMILES string of the molecule is COc1ccc(C)cc1-n1ccc(C(=O)N2C[C@H]3CNC[C@H]3C2)n1.Cl. The zero-order valence-corrected chi connectivity index (χ0v) is 15.3. The van der Waals surface area contributed by atoms with Crippen LogP contribution in [0.25, 0.3) is 5.69 Å². The Hall–Kier alpha value is -2.05. The minimum absolute atomic E-state index is 0. The van der Waals surface area contributed by atoms with E-state index in [0.717, 1.165) is 43.2 Å². The van der Waals surface area contributed by atoms with E-state index in [1.807, 2.05) is 36.2 Å². The first-order valence-electron chi connectivity index (χ1n) is 8.36. The van der Waals surface area contributed by atoms with Gasteiger partial charge in [0.15, 0.2) is 5.69 Å². The molecule has 1 aromatic heterocycles. The molecule has 0 unspecified atom stereocenters. The second-order valence-electron chi connectivity index (χ2n) is 6.71. The lowest BCUT2D eigenvalue weighted by Gasteiger charge is -2.16. The molecule has 4 rings (SSSR count). The number of halogens is 1. The van der Waals surface area contributed by atoms with Gasteiger partial charge in [0.2, 0.25) is 0 Å². The Balaban J connectivity index is 0.00000182. The Bertz CT molecular complexity index is 764. The lowest BCUT2D eigenvalue weighted by molar-refractivity contribution is 0.0775. The molecule has 0 bridgehead atoms. The van der Waals surface area contributed by atoms with Crippen LogP contribution >= 0.6 is 12.4 Å². The summed E-state index contributed by atoms with van der Waals surface area (Å²) in [5, 5.41) is 7.89. The fraction of sp³-hybridized carbons (Fsp3) is 0.444. The predicted octanol–water partition coefficient (Wildman–Crippen LogP) is 1.90. The van der Waals surface area contributed by atoms with Gasteiger partial charge in [-0.15, -0.1) is 12.4 Å². The van der Waals surface area contributed by atoms with Crippen molar-refractivity contribution in [2.45, 2.75) is 6.92 Å². The zero-order chi connectivity index (χ0) is 16.7. The number of carbonyl (C=O) groups excluding carboxylic acids is 1. The number of methoxy groups -OCH3 is 1. The summed E-state index contributed by atoms with van der Waals surface area (Å²) in [5.74, 6) is 1.94. The molecule has 6 nitrogen and oxygen atoms in total. The molecule has 0 aliphatic carbocycles. The molecule has 7 heteroatoms. The molecule has 25 heavy (non-hydrogen) atoms. The largest absolute Gasteiger partial charge is 0.494 e. The average molecular weight is 363 g/mol.